The maximum Gasteiger partial charge on any atom is 0.320 e. The second kappa shape index (κ2) is 9.90. The number of anilines is 1. The summed E-state index contributed by atoms with van der Waals surface area (Å²) >= 11 is 0. The molecule has 0 saturated carbocycles. The number of nitrogens with one attached hydrogen (secondary N) is 1. The maximum absolute atomic E-state index is 10.4. The van der Waals surface area contributed by atoms with Crippen molar-refractivity contribution in [2.45, 2.75) is 19.5 Å². The molecule has 4 N–H and O–H groups in total. The van der Waals surface area contributed by atoms with Gasteiger partial charge in [-0.1, -0.05) is 24.3 Å². The van der Waals surface area contributed by atoms with E-state index in [2.05, 4.69) is 37.3 Å². The van der Waals surface area contributed by atoms with Crippen molar-refractivity contribution < 1.29 is 14.6 Å². The van der Waals surface area contributed by atoms with Crippen LogP contribution in [0.25, 0.3) is 11.2 Å². The smallest absolute Gasteiger partial charge is 0.320 e. The van der Waals surface area contributed by atoms with E-state index in [-0.39, 0.29) is 17.8 Å². The van der Waals surface area contributed by atoms with Crippen molar-refractivity contribution >= 4 is 17.0 Å². The fraction of sp³-hybridized carbons (Fsp3) is 0.476. The van der Waals surface area contributed by atoms with Crippen molar-refractivity contribution in [2.75, 3.05) is 52.2 Å². The maximum atomic E-state index is 10.4. The minimum atomic E-state index is -0.158. The zero-order chi connectivity index (χ0) is 21.6. The quantitative estimate of drug-likeness (QED) is 0.451. The lowest BCUT2D eigenvalue weighted by molar-refractivity contribution is 0.141. The number of benzene rings is 1. The Bertz CT molecular complexity index is 1020. The molecule has 0 radical (unpaired) electrons. The van der Waals surface area contributed by atoms with E-state index in [1.807, 2.05) is 12.1 Å². The molecule has 0 unspecified atom stereocenters. The van der Waals surface area contributed by atoms with Crippen molar-refractivity contribution in [3.8, 4) is 12.0 Å². The molecule has 10 heteroatoms. The summed E-state index contributed by atoms with van der Waals surface area (Å²) in [5, 5.41) is 13.9. The molecular formula is C21H29N7O3. The van der Waals surface area contributed by atoms with Gasteiger partial charge in [0.05, 0.1) is 13.2 Å². The Hall–Kier alpha value is -2.95. The van der Waals surface area contributed by atoms with Crippen LogP contribution in [0.15, 0.2) is 24.3 Å². The summed E-state index contributed by atoms with van der Waals surface area (Å²) in [5.74, 6) is 0.162. The normalized spacial score (nSPS) is 15.3. The Morgan fingerprint density at radius 3 is 2.77 bits per heavy atom. The molecule has 1 saturated heterocycles. The van der Waals surface area contributed by atoms with Crippen molar-refractivity contribution in [1.29, 1.82) is 0 Å². The third-order valence-electron chi connectivity index (χ3n) is 5.27. The lowest BCUT2D eigenvalue weighted by Gasteiger charge is -2.19. The van der Waals surface area contributed by atoms with E-state index >= 15 is 0 Å². The lowest BCUT2D eigenvalue weighted by atomic mass is 10.1. The average molecular weight is 428 g/mol. The van der Waals surface area contributed by atoms with Crippen LogP contribution in [0.5, 0.6) is 12.0 Å². The molecule has 0 bridgehead atoms. The first kappa shape index (κ1) is 21.3. The van der Waals surface area contributed by atoms with Crippen molar-refractivity contribution in [1.82, 2.24) is 29.7 Å². The molecule has 4 rings (SSSR count). The van der Waals surface area contributed by atoms with Crippen LogP contribution in [0.3, 0.4) is 0 Å². The Balaban J connectivity index is 1.55. The molecular weight excluding hydrogens is 398 g/mol. The molecule has 2 aromatic heterocycles. The number of hydrogen-bond acceptors (Lipinski definition) is 9. The second-order valence-electron chi connectivity index (χ2n) is 7.60. The standard InChI is InChI=1S/C21H29N7O3/c1-30-10-11-31-20-25-18(22)17-19(26-20)28(21(29)24-17)14-16-5-2-4-15(12-16)13-27-8-3-6-23-7-9-27/h2,4-5,12,23H,3,6-11,13-14H2,1H3,(H,24,29)(H2,22,25,26). The highest BCUT2D eigenvalue weighted by Crippen LogP contribution is 2.26. The van der Waals surface area contributed by atoms with Gasteiger partial charge >= 0.3 is 6.01 Å². The van der Waals surface area contributed by atoms with Gasteiger partial charge in [-0.2, -0.15) is 15.0 Å². The van der Waals surface area contributed by atoms with Crippen molar-refractivity contribution in [3.63, 3.8) is 0 Å². The summed E-state index contributed by atoms with van der Waals surface area (Å²) in [5.41, 5.74) is 9.08. The van der Waals surface area contributed by atoms with Crippen molar-refractivity contribution in [3.05, 3.63) is 35.4 Å². The molecule has 166 valence electrons. The van der Waals surface area contributed by atoms with Crippen LogP contribution in [-0.2, 0) is 17.8 Å². The molecule has 3 heterocycles. The lowest BCUT2D eigenvalue weighted by Crippen LogP contribution is -2.27. The summed E-state index contributed by atoms with van der Waals surface area (Å²) in [4.78, 5) is 15.1. The number of fused-ring (bicyclic) bond motifs is 1. The van der Waals surface area contributed by atoms with Gasteiger partial charge in [0, 0.05) is 26.7 Å². The minimum Gasteiger partial charge on any atom is -0.480 e. The summed E-state index contributed by atoms with van der Waals surface area (Å²) in [6.07, 6.45) is 1.16. The molecule has 0 spiro atoms. The van der Waals surface area contributed by atoms with Gasteiger partial charge in [0.1, 0.15) is 6.61 Å². The Morgan fingerprint density at radius 2 is 1.94 bits per heavy atom. The van der Waals surface area contributed by atoms with Gasteiger partial charge in [-0.15, -0.1) is 0 Å². The van der Waals surface area contributed by atoms with Gasteiger partial charge < -0.3 is 25.6 Å². The first-order valence-corrected chi connectivity index (χ1v) is 10.5. The van der Waals surface area contributed by atoms with Gasteiger partial charge in [-0.3, -0.25) is 9.47 Å². The third kappa shape index (κ3) is 5.22. The van der Waals surface area contributed by atoms with Crippen LogP contribution >= 0.6 is 0 Å². The molecule has 1 aliphatic heterocycles. The van der Waals surface area contributed by atoms with E-state index in [0.717, 1.165) is 44.7 Å². The molecule has 10 nitrogen and oxygen atoms in total. The van der Waals surface area contributed by atoms with E-state index in [1.54, 1.807) is 11.7 Å². The predicted octanol–water partition coefficient (Wildman–Crippen LogP) is 0.983. The number of nitrogen functional groups attached to an aromatic ring is 1. The van der Waals surface area contributed by atoms with E-state index in [9.17, 15) is 5.11 Å². The number of nitrogens with zero attached hydrogens (tertiary/aromatic N) is 5. The van der Waals surface area contributed by atoms with Gasteiger partial charge in [0.15, 0.2) is 17.0 Å². The van der Waals surface area contributed by atoms with Crippen LogP contribution in [0.1, 0.15) is 17.5 Å². The largest absolute Gasteiger partial charge is 0.480 e. The molecule has 1 fully saturated rings. The first-order chi connectivity index (χ1) is 15.1. The number of aromatic hydroxyl groups is 1. The average Bonchev–Trinajstić information content (AvgIpc) is 2.92. The van der Waals surface area contributed by atoms with Gasteiger partial charge in [-0.05, 0) is 30.6 Å². The molecule has 0 aliphatic carbocycles. The second-order valence-corrected chi connectivity index (χ2v) is 7.60. The Labute approximate surface area is 181 Å². The molecule has 0 amide bonds. The molecule has 1 aromatic carbocycles. The third-order valence-corrected chi connectivity index (χ3v) is 5.27. The minimum absolute atomic E-state index is 0.131. The van der Waals surface area contributed by atoms with Crippen LogP contribution in [0.4, 0.5) is 5.82 Å². The number of imidazole rings is 1. The highest BCUT2D eigenvalue weighted by Gasteiger charge is 2.17. The monoisotopic (exact) mass is 427 g/mol. The van der Waals surface area contributed by atoms with E-state index in [4.69, 9.17) is 15.2 Å². The molecule has 31 heavy (non-hydrogen) atoms. The van der Waals surface area contributed by atoms with Crippen LogP contribution in [0, 0.1) is 0 Å². The number of aromatic nitrogens is 4. The number of rotatable bonds is 8. The van der Waals surface area contributed by atoms with E-state index in [1.165, 1.54) is 5.56 Å². The van der Waals surface area contributed by atoms with Crippen LogP contribution in [0.2, 0.25) is 0 Å². The van der Waals surface area contributed by atoms with Crippen LogP contribution < -0.4 is 15.8 Å². The van der Waals surface area contributed by atoms with Gasteiger partial charge in [0.2, 0.25) is 0 Å². The fourth-order valence-electron chi connectivity index (χ4n) is 3.74. The highest BCUT2D eigenvalue weighted by molar-refractivity contribution is 5.83. The summed E-state index contributed by atoms with van der Waals surface area (Å²) < 4.78 is 12.1. The van der Waals surface area contributed by atoms with E-state index < -0.39 is 0 Å². The number of methoxy groups -OCH3 is 1. The van der Waals surface area contributed by atoms with Crippen LogP contribution in [-0.4, -0.2) is 76.0 Å². The zero-order valence-electron chi connectivity index (χ0n) is 17.8. The van der Waals surface area contributed by atoms with Gasteiger partial charge in [0.25, 0.3) is 6.01 Å². The SMILES string of the molecule is COCCOc1nc(N)c2nc(O)n(Cc3cccc(CN4CCCNCC4)c3)c2n1. The summed E-state index contributed by atoms with van der Waals surface area (Å²) in [6.45, 7) is 6.24. The fourth-order valence-corrected chi connectivity index (χ4v) is 3.74. The Morgan fingerprint density at radius 1 is 1.10 bits per heavy atom. The molecule has 3 aromatic rings. The summed E-state index contributed by atoms with van der Waals surface area (Å²) in [6, 6.07) is 8.33. The van der Waals surface area contributed by atoms with Gasteiger partial charge in [-0.25, -0.2) is 0 Å². The Kier molecular flexibility index (Phi) is 6.80. The summed E-state index contributed by atoms with van der Waals surface area (Å²) in [7, 11) is 1.59. The topological polar surface area (TPSA) is 124 Å². The zero-order valence-corrected chi connectivity index (χ0v) is 17.8. The highest BCUT2D eigenvalue weighted by atomic mass is 16.5. The van der Waals surface area contributed by atoms with Crippen molar-refractivity contribution in [2.24, 2.45) is 0 Å². The number of nitrogens with two attached hydrogens (primary N) is 1. The molecule has 0 atom stereocenters. The predicted molar refractivity (Wildman–Crippen MR) is 117 cm³/mol. The number of hydrogen-bond donors (Lipinski definition) is 3. The first-order valence-electron chi connectivity index (χ1n) is 10.5. The van der Waals surface area contributed by atoms with E-state index in [0.29, 0.717) is 30.9 Å². The molecule has 1 aliphatic rings. The number of ether oxygens (including phenoxy) is 2.